The maximum absolute atomic E-state index is 11.8. The molecule has 1 amide bonds. The van der Waals surface area contributed by atoms with Gasteiger partial charge in [0.25, 0.3) is 5.91 Å². The monoisotopic (exact) mass is 358 g/mol. The molecule has 10 heteroatoms. The minimum Gasteiger partial charge on any atom is -0.364 e. The van der Waals surface area contributed by atoms with Gasteiger partial charge in [-0.05, 0) is 42.7 Å². The first-order chi connectivity index (χ1) is 11.9. The van der Waals surface area contributed by atoms with Gasteiger partial charge in [0.15, 0.2) is 5.69 Å². The predicted molar refractivity (Wildman–Crippen MR) is 88.4 cm³/mol. The molecular formula is C15H14N6O3S. The lowest BCUT2D eigenvalue weighted by molar-refractivity contribution is 0.0994. The highest BCUT2D eigenvalue weighted by molar-refractivity contribution is 7.89. The number of sulfonamides is 1. The largest absolute Gasteiger partial charge is 0.364 e. The number of fused-ring (bicyclic) bond motifs is 3. The Kier molecular flexibility index (Phi) is 3.27. The molecule has 0 saturated carbocycles. The summed E-state index contributed by atoms with van der Waals surface area (Å²) in [4.78, 5) is 11.8. The number of aryl methyl sites for hydroxylation is 1. The van der Waals surface area contributed by atoms with Crippen LogP contribution in [0.15, 0.2) is 35.4 Å². The van der Waals surface area contributed by atoms with Gasteiger partial charge in [0.2, 0.25) is 10.0 Å². The molecule has 1 aliphatic rings. The molecule has 0 spiro atoms. The number of carbonyl (C=O) groups excluding carboxylic acids is 1. The number of nitrogens with zero attached hydrogens (tertiary/aromatic N) is 3. The van der Waals surface area contributed by atoms with Crippen LogP contribution in [0.4, 0.5) is 0 Å². The maximum Gasteiger partial charge on any atom is 0.269 e. The minimum atomic E-state index is -3.79. The second-order valence-electron chi connectivity index (χ2n) is 5.76. The lowest BCUT2D eigenvalue weighted by atomic mass is 9.94. The molecule has 0 saturated heterocycles. The van der Waals surface area contributed by atoms with E-state index in [9.17, 15) is 13.2 Å². The maximum atomic E-state index is 11.8. The second kappa shape index (κ2) is 5.26. The number of carbonyl (C=O) groups is 1. The second-order valence-corrected chi connectivity index (χ2v) is 7.32. The van der Waals surface area contributed by atoms with Crippen molar-refractivity contribution in [2.45, 2.75) is 17.7 Å². The lowest BCUT2D eigenvalue weighted by Gasteiger charge is -2.14. The standard InChI is InChI=1S/C15H14N6O3S/c16-15(22)13-11-6-1-8-7-18-19-12(8)14(11)21(20-13)9-2-4-10(5-3-9)25(17,23)24/h2-5,7H,1,6H2,(H2,16,22)(H,18,19)(H2,17,23,24). The van der Waals surface area contributed by atoms with Crippen molar-refractivity contribution in [2.75, 3.05) is 0 Å². The number of aromatic amines is 1. The van der Waals surface area contributed by atoms with Crippen molar-refractivity contribution in [1.82, 2.24) is 20.0 Å². The number of hydrogen-bond donors (Lipinski definition) is 3. The molecule has 0 bridgehead atoms. The third kappa shape index (κ3) is 2.42. The molecule has 4 rings (SSSR count). The van der Waals surface area contributed by atoms with Crippen LogP contribution in [0.2, 0.25) is 0 Å². The molecule has 128 valence electrons. The fourth-order valence-electron chi connectivity index (χ4n) is 3.07. The first-order valence-electron chi connectivity index (χ1n) is 7.44. The number of amides is 1. The Hall–Kier alpha value is -2.98. The van der Waals surface area contributed by atoms with E-state index < -0.39 is 15.9 Å². The summed E-state index contributed by atoms with van der Waals surface area (Å²) >= 11 is 0. The van der Waals surface area contributed by atoms with Crippen molar-refractivity contribution in [3.05, 3.63) is 47.3 Å². The number of nitrogens with two attached hydrogens (primary N) is 2. The molecular weight excluding hydrogens is 344 g/mol. The average molecular weight is 358 g/mol. The first kappa shape index (κ1) is 15.5. The zero-order chi connectivity index (χ0) is 17.8. The average Bonchev–Trinajstić information content (AvgIpc) is 3.18. The summed E-state index contributed by atoms with van der Waals surface area (Å²) in [6.45, 7) is 0. The Morgan fingerprint density at radius 1 is 1.20 bits per heavy atom. The molecule has 5 N–H and O–H groups in total. The van der Waals surface area contributed by atoms with Crippen LogP contribution < -0.4 is 10.9 Å². The Balaban J connectivity index is 1.93. The highest BCUT2D eigenvalue weighted by atomic mass is 32.2. The molecule has 2 aromatic heterocycles. The molecule has 3 aromatic rings. The van der Waals surface area contributed by atoms with Gasteiger partial charge in [-0.25, -0.2) is 18.2 Å². The SMILES string of the molecule is NC(=O)c1nn(-c2ccc(S(N)(=O)=O)cc2)c2c1CCc1cn[nH]c1-2. The number of aromatic nitrogens is 4. The van der Waals surface area contributed by atoms with Gasteiger partial charge in [-0.15, -0.1) is 0 Å². The van der Waals surface area contributed by atoms with E-state index in [4.69, 9.17) is 10.9 Å². The summed E-state index contributed by atoms with van der Waals surface area (Å²) < 4.78 is 24.4. The third-order valence-electron chi connectivity index (χ3n) is 4.23. The van der Waals surface area contributed by atoms with Gasteiger partial charge in [-0.2, -0.15) is 10.2 Å². The minimum absolute atomic E-state index is 0.00497. The Morgan fingerprint density at radius 2 is 1.92 bits per heavy atom. The van der Waals surface area contributed by atoms with E-state index >= 15 is 0 Å². The lowest BCUT2D eigenvalue weighted by Crippen LogP contribution is -2.15. The summed E-state index contributed by atoms with van der Waals surface area (Å²) in [6.07, 6.45) is 3.09. The molecule has 0 fully saturated rings. The zero-order valence-corrected chi connectivity index (χ0v) is 13.7. The Labute approximate surface area is 142 Å². The van der Waals surface area contributed by atoms with Crippen molar-refractivity contribution in [3.8, 4) is 17.1 Å². The molecule has 1 aromatic carbocycles. The number of nitrogens with one attached hydrogen (secondary N) is 1. The number of H-pyrrole nitrogens is 1. The van der Waals surface area contributed by atoms with E-state index in [0.29, 0.717) is 17.8 Å². The number of benzene rings is 1. The smallest absolute Gasteiger partial charge is 0.269 e. The van der Waals surface area contributed by atoms with Gasteiger partial charge >= 0.3 is 0 Å². The van der Waals surface area contributed by atoms with Crippen molar-refractivity contribution in [3.63, 3.8) is 0 Å². The molecule has 2 heterocycles. The molecule has 0 aliphatic heterocycles. The number of primary amides is 1. The fourth-order valence-corrected chi connectivity index (χ4v) is 3.59. The van der Waals surface area contributed by atoms with Crippen LogP contribution in [-0.2, 0) is 22.9 Å². The fraction of sp³-hybridized carbons (Fsp3) is 0.133. The molecule has 25 heavy (non-hydrogen) atoms. The molecule has 0 radical (unpaired) electrons. The first-order valence-corrected chi connectivity index (χ1v) is 8.98. The van der Waals surface area contributed by atoms with E-state index in [2.05, 4.69) is 15.3 Å². The van der Waals surface area contributed by atoms with E-state index in [0.717, 1.165) is 23.2 Å². The van der Waals surface area contributed by atoms with E-state index in [1.807, 2.05) is 0 Å². The van der Waals surface area contributed by atoms with Crippen LogP contribution in [-0.4, -0.2) is 34.3 Å². The predicted octanol–water partition coefficient (Wildman–Crippen LogP) is 0.107. The van der Waals surface area contributed by atoms with Crippen molar-refractivity contribution in [2.24, 2.45) is 10.9 Å². The topological polar surface area (TPSA) is 150 Å². The molecule has 0 atom stereocenters. The number of primary sulfonamides is 1. The van der Waals surface area contributed by atoms with Crippen LogP contribution in [0, 0.1) is 0 Å². The Bertz CT molecular complexity index is 1090. The van der Waals surface area contributed by atoms with Crippen LogP contribution >= 0.6 is 0 Å². The van der Waals surface area contributed by atoms with E-state index in [1.165, 1.54) is 12.1 Å². The van der Waals surface area contributed by atoms with Crippen molar-refractivity contribution >= 4 is 15.9 Å². The quantitative estimate of drug-likeness (QED) is 0.607. The van der Waals surface area contributed by atoms with Crippen molar-refractivity contribution in [1.29, 1.82) is 0 Å². The summed E-state index contributed by atoms with van der Waals surface area (Å²) in [5.41, 5.74) is 9.50. The zero-order valence-electron chi connectivity index (χ0n) is 12.9. The van der Waals surface area contributed by atoms with Gasteiger partial charge < -0.3 is 5.73 Å². The van der Waals surface area contributed by atoms with Gasteiger partial charge in [0.1, 0.15) is 0 Å². The summed E-state index contributed by atoms with van der Waals surface area (Å²) in [5.74, 6) is -0.612. The molecule has 1 aliphatic carbocycles. The van der Waals surface area contributed by atoms with Gasteiger partial charge in [-0.1, -0.05) is 0 Å². The highest BCUT2D eigenvalue weighted by Gasteiger charge is 2.29. The van der Waals surface area contributed by atoms with Gasteiger partial charge in [0, 0.05) is 5.56 Å². The normalized spacial score (nSPS) is 13.3. The number of hydrogen-bond acceptors (Lipinski definition) is 5. The highest BCUT2D eigenvalue weighted by Crippen LogP contribution is 2.35. The van der Waals surface area contributed by atoms with Crippen molar-refractivity contribution < 1.29 is 13.2 Å². The van der Waals surface area contributed by atoms with Gasteiger partial charge in [-0.3, -0.25) is 9.89 Å². The van der Waals surface area contributed by atoms with Crippen LogP contribution in [0.25, 0.3) is 17.1 Å². The summed E-state index contributed by atoms with van der Waals surface area (Å²) in [7, 11) is -3.79. The number of rotatable bonds is 3. The third-order valence-corrected chi connectivity index (χ3v) is 5.15. The summed E-state index contributed by atoms with van der Waals surface area (Å²) in [6, 6.07) is 5.92. The van der Waals surface area contributed by atoms with E-state index in [-0.39, 0.29) is 10.6 Å². The van der Waals surface area contributed by atoms with Crippen LogP contribution in [0.3, 0.4) is 0 Å². The van der Waals surface area contributed by atoms with E-state index in [1.54, 1.807) is 23.0 Å². The van der Waals surface area contributed by atoms with Gasteiger partial charge in [0.05, 0.1) is 28.2 Å². The molecule has 0 unspecified atom stereocenters. The van der Waals surface area contributed by atoms with Crippen LogP contribution in [0.1, 0.15) is 21.6 Å². The molecule has 9 nitrogen and oxygen atoms in total. The Morgan fingerprint density at radius 3 is 2.56 bits per heavy atom. The summed E-state index contributed by atoms with van der Waals surface area (Å²) in [5, 5.41) is 16.5. The van der Waals surface area contributed by atoms with Crippen LogP contribution in [0.5, 0.6) is 0 Å².